The van der Waals surface area contributed by atoms with E-state index in [0.29, 0.717) is 11.5 Å². The number of benzene rings is 2. The minimum absolute atomic E-state index is 0.122. The summed E-state index contributed by atoms with van der Waals surface area (Å²) in [4.78, 5) is 0. The fourth-order valence-corrected chi connectivity index (χ4v) is 5.62. The van der Waals surface area contributed by atoms with Crippen LogP contribution in [-0.4, -0.2) is 0 Å². The van der Waals surface area contributed by atoms with E-state index < -0.39 is 0 Å². The number of fused-ring (bicyclic) bond motifs is 1. The Bertz CT molecular complexity index is 804. The van der Waals surface area contributed by atoms with E-state index in [9.17, 15) is 4.39 Å². The normalized spacial score (nSPS) is 27.2. The maximum atomic E-state index is 13.9. The van der Waals surface area contributed by atoms with Crippen LogP contribution in [0.2, 0.25) is 0 Å². The lowest BCUT2D eigenvalue weighted by Crippen LogP contribution is -2.30. The molecular weight excluding hydrogens is 343 g/mol. The minimum atomic E-state index is -0.122. The Morgan fingerprint density at radius 2 is 1.64 bits per heavy atom. The maximum Gasteiger partial charge on any atom is 0.126 e. The van der Waals surface area contributed by atoms with Crippen molar-refractivity contribution >= 4 is 0 Å². The molecule has 0 radical (unpaired) electrons. The molecule has 4 unspecified atom stereocenters. The summed E-state index contributed by atoms with van der Waals surface area (Å²) in [5.74, 6) is 3.39. The largest absolute Gasteiger partial charge is 0.207 e. The fraction of sp³-hybridized carbons (Fsp3) is 0.481. The molecule has 2 aliphatic carbocycles. The van der Waals surface area contributed by atoms with Gasteiger partial charge in [0.2, 0.25) is 0 Å². The van der Waals surface area contributed by atoms with Gasteiger partial charge in [0.15, 0.2) is 0 Å². The van der Waals surface area contributed by atoms with Crippen molar-refractivity contribution < 1.29 is 4.39 Å². The van der Waals surface area contributed by atoms with E-state index in [-0.39, 0.29) is 5.82 Å². The molecule has 0 aromatic heterocycles. The van der Waals surface area contributed by atoms with Gasteiger partial charge in [-0.1, -0.05) is 48.9 Å². The molecule has 0 heterocycles. The van der Waals surface area contributed by atoms with Crippen LogP contribution in [0.25, 0.3) is 11.1 Å². The van der Waals surface area contributed by atoms with E-state index in [2.05, 4.69) is 36.9 Å². The van der Waals surface area contributed by atoms with Crippen molar-refractivity contribution in [1.29, 1.82) is 0 Å². The van der Waals surface area contributed by atoms with Crippen molar-refractivity contribution in [3.8, 4) is 11.1 Å². The van der Waals surface area contributed by atoms with Gasteiger partial charge < -0.3 is 0 Å². The number of rotatable bonds is 5. The molecule has 1 heteroatoms. The first-order valence-electron chi connectivity index (χ1n) is 11.1. The summed E-state index contributed by atoms with van der Waals surface area (Å²) in [6.45, 7) is 5.70. The van der Waals surface area contributed by atoms with Gasteiger partial charge in [0.25, 0.3) is 0 Å². The molecule has 2 aliphatic rings. The van der Waals surface area contributed by atoms with E-state index in [1.54, 1.807) is 6.07 Å². The van der Waals surface area contributed by atoms with Crippen molar-refractivity contribution in [2.75, 3.05) is 0 Å². The first kappa shape index (κ1) is 19.4. The highest BCUT2D eigenvalue weighted by Crippen LogP contribution is 2.48. The van der Waals surface area contributed by atoms with Crippen LogP contribution >= 0.6 is 0 Å². The van der Waals surface area contributed by atoms with Crippen LogP contribution in [0, 0.1) is 30.5 Å². The molecule has 4 rings (SSSR count). The van der Waals surface area contributed by atoms with E-state index in [0.717, 1.165) is 28.9 Å². The highest BCUT2D eigenvalue weighted by Gasteiger charge is 2.35. The Morgan fingerprint density at radius 1 is 0.929 bits per heavy atom. The topological polar surface area (TPSA) is 0 Å². The first-order valence-corrected chi connectivity index (χ1v) is 11.1. The molecule has 2 fully saturated rings. The van der Waals surface area contributed by atoms with Gasteiger partial charge in [0.05, 0.1) is 0 Å². The predicted octanol–water partition coefficient (Wildman–Crippen LogP) is 8.07. The van der Waals surface area contributed by atoms with E-state index in [4.69, 9.17) is 0 Å². The lowest BCUT2D eigenvalue weighted by molar-refractivity contribution is 0.115. The Hall–Kier alpha value is -1.89. The summed E-state index contributed by atoms with van der Waals surface area (Å²) in [7, 11) is 0. The second-order valence-corrected chi connectivity index (χ2v) is 9.16. The summed E-state index contributed by atoms with van der Waals surface area (Å²) in [5, 5.41) is 0. The first-order chi connectivity index (χ1) is 13.6. The number of hydrogen-bond acceptors (Lipinski definition) is 0. The molecule has 148 valence electrons. The van der Waals surface area contributed by atoms with Crippen LogP contribution in [0.3, 0.4) is 0 Å². The smallest absolute Gasteiger partial charge is 0.126 e. The van der Waals surface area contributed by atoms with E-state index >= 15 is 0 Å². The third-order valence-electron chi connectivity index (χ3n) is 7.39. The van der Waals surface area contributed by atoms with Gasteiger partial charge in [-0.05, 0) is 104 Å². The van der Waals surface area contributed by atoms with Crippen molar-refractivity contribution in [2.45, 2.75) is 64.2 Å². The summed E-state index contributed by atoms with van der Waals surface area (Å²) in [6, 6.07) is 14.5. The Kier molecular flexibility index (Phi) is 5.99. The molecule has 0 spiro atoms. The quantitative estimate of drug-likeness (QED) is 0.463. The van der Waals surface area contributed by atoms with Crippen molar-refractivity contribution in [3.63, 3.8) is 0 Å². The molecular formula is C27H33F. The monoisotopic (exact) mass is 376 g/mol. The zero-order valence-corrected chi connectivity index (χ0v) is 17.2. The molecule has 0 nitrogen and oxygen atoms in total. The molecule has 0 aliphatic heterocycles. The van der Waals surface area contributed by atoms with E-state index in [1.807, 2.05) is 19.1 Å². The molecule has 4 atom stereocenters. The van der Waals surface area contributed by atoms with Gasteiger partial charge in [-0.25, -0.2) is 4.39 Å². The maximum absolute atomic E-state index is 13.9. The Balaban J connectivity index is 1.39. The van der Waals surface area contributed by atoms with Gasteiger partial charge >= 0.3 is 0 Å². The minimum Gasteiger partial charge on any atom is -0.207 e. The molecule has 2 aromatic carbocycles. The molecule has 0 N–H and O–H groups in total. The molecule has 2 saturated carbocycles. The van der Waals surface area contributed by atoms with Crippen LogP contribution in [0.15, 0.2) is 55.1 Å². The van der Waals surface area contributed by atoms with Crippen LogP contribution in [0.1, 0.15) is 68.4 Å². The Labute approximate surface area is 169 Å². The summed E-state index contributed by atoms with van der Waals surface area (Å²) in [5.41, 5.74) is 4.26. The van der Waals surface area contributed by atoms with Gasteiger partial charge in [-0.3, -0.25) is 0 Å². The third kappa shape index (κ3) is 4.24. The zero-order chi connectivity index (χ0) is 19.5. The number of hydrogen-bond donors (Lipinski definition) is 0. The summed E-state index contributed by atoms with van der Waals surface area (Å²) in [6.07, 6.45) is 13.0. The second kappa shape index (κ2) is 8.64. The molecule has 28 heavy (non-hydrogen) atoms. The number of aryl methyl sites for hydroxylation is 1. The summed E-state index contributed by atoms with van der Waals surface area (Å²) >= 11 is 0. The second-order valence-electron chi connectivity index (χ2n) is 9.16. The van der Waals surface area contributed by atoms with Gasteiger partial charge in [-0.15, -0.1) is 6.58 Å². The lowest BCUT2D eigenvalue weighted by Gasteiger charge is -2.42. The molecule has 0 bridgehead atoms. The Morgan fingerprint density at radius 3 is 2.39 bits per heavy atom. The zero-order valence-electron chi connectivity index (χ0n) is 17.2. The van der Waals surface area contributed by atoms with Crippen LogP contribution in [0.4, 0.5) is 4.39 Å². The van der Waals surface area contributed by atoms with Crippen molar-refractivity contribution in [1.82, 2.24) is 0 Å². The average molecular weight is 377 g/mol. The van der Waals surface area contributed by atoms with Crippen LogP contribution in [-0.2, 0) is 0 Å². The standard InChI is InChI=1S/C27H33F/c1-3-4-5-20-7-9-25-17-24(15-14-23(25)16-20)21-10-12-22(13-11-21)26-8-6-19(2)27(28)18-26/h3,6,8,10-13,18,20,23-25H,1,4-5,7,9,14-17H2,2H3. The van der Waals surface area contributed by atoms with Crippen LogP contribution in [0.5, 0.6) is 0 Å². The van der Waals surface area contributed by atoms with Crippen molar-refractivity contribution in [2.24, 2.45) is 17.8 Å². The highest BCUT2D eigenvalue weighted by atomic mass is 19.1. The predicted molar refractivity (Wildman–Crippen MR) is 117 cm³/mol. The number of halogens is 1. The van der Waals surface area contributed by atoms with Gasteiger partial charge in [-0.2, -0.15) is 0 Å². The molecule has 2 aromatic rings. The molecule has 0 saturated heterocycles. The lowest BCUT2D eigenvalue weighted by atomic mass is 9.63. The van der Waals surface area contributed by atoms with E-state index in [1.165, 1.54) is 56.9 Å². The fourth-order valence-electron chi connectivity index (χ4n) is 5.62. The summed E-state index contributed by atoms with van der Waals surface area (Å²) < 4.78 is 13.9. The van der Waals surface area contributed by atoms with Gasteiger partial charge in [0.1, 0.15) is 5.82 Å². The average Bonchev–Trinajstić information content (AvgIpc) is 2.74. The van der Waals surface area contributed by atoms with Crippen molar-refractivity contribution in [3.05, 3.63) is 72.1 Å². The highest BCUT2D eigenvalue weighted by molar-refractivity contribution is 5.64. The third-order valence-corrected chi connectivity index (χ3v) is 7.39. The van der Waals surface area contributed by atoms with Crippen LogP contribution < -0.4 is 0 Å². The SMILES string of the molecule is C=CCCC1CCC2CC(c3ccc(-c4ccc(C)c(F)c4)cc3)CCC2C1. The molecule has 0 amide bonds. The number of allylic oxidation sites excluding steroid dienone is 1. The van der Waals surface area contributed by atoms with Gasteiger partial charge in [0, 0.05) is 0 Å².